The molecule has 0 fully saturated rings. The Hall–Kier alpha value is -3.05. The molecule has 4 nitrogen and oxygen atoms in total. The number of carbonyl (C=O) groups is 1. The van der Waals surface area contributed by atoms with Gasteiger partial charge in [0.1, 0.15) is 19.0 Å². The van der Waals surface area contributed by atoms with E-state index >= 15 is 0 Å². The zero-order chi connectivity index (χ0) is 20.2. The van der Waals surface area contributed by atoms with Crippen molar-refractivity contribution in [3.8, 4) is 11.5 Å². The summed E-state index contributed by atoms with van der Waals surface area (Å²) in [7, 11) is 0. The van der Waals surface area contributed by atoms with Crippen LogP contribution in [0.4, 0.5) is 4.39 Å². The number of ether oxygens (including phenoxy) is 2. The van der Waals surface area contributed by atoms with Crippen LogP contribution < -0.4 is 14.8 Å². The van der Waals surface area contributed by atoms with Crippen molar-refractivity contribution in [2.75, 3.05) is 13.2 Å². The van der Waals surface area contributed by atoms with Gasteiger partial charge in [0.05, 0.1) is 17.5 Å². The first-order valence-electron chi connectivity index (χ1n) is 9.28. The number of amides is 1. The van der Waals surface area contributed by atoms with Crippen LogP contribution in [0.15, 0.2) is 66.7 Å². The quantitative estimate of drug-likeness (QED) is 0.662. The highest BCUT2D eigenvalue weighted by Gasteiger charge is 2.20. The maximum Gasteiger partial charge on any atom is 0.225 e. The summed E-state index contributed by atoms with van der Waals surface area (Å²) in [5.74, 6) is 0.550. The van der Waals surface area contributed by atoms with Crippen molar-refractivity contribution < 1.29 is 18.7 Å². The van der Waals surface area contributed by atoms with Crippen LogP contribution in [0.25, 0.3) is 0 Å². The Morgan fingerprint density at radius 2 is 1.69 bits per heavy atom. The normalized spacial score (nSPS) is 13.6. The van der Waals surface area contributed by atoms with Gasteiger partial charge in [-0.15, -0.1) is 0 Å². The largest absolute Gasteiger partial charge is 0.486 e. The van der Waals surface area contributed by atoms with E-state index in [1.54, 1.807) is 24.3 Å². The fourth-order valence-corrected chi connectivity index (χ4v) is 3.61. The molecule has 6 heteroatoms. The van der Waals surface area contributed by atoms with Crippen molar-refractivity contribution in [1.82, 2.24) is 5.32 Å². The topological polar surface area (TPSA) is 47.6 Å². The number of halogens is 2. The van der Waals surface area contributed by atoms with E-state index in [0.29, 0.717) is 29.7 Å². The molecule has 0 spiro atoms. The molecule has 29 heavy (non-hydrogen) atoms. The summed E-state index contributed by atoms with van der Waals surface area (Å²) in [5.41, 5.74) is 2.43. The molecular formula is C23H19ClFNO3. The minimum atomic E-state index is -0.392. The maximum atomic E-state index is 13.4. The lowest BCUT2D eigenvalue weighted by Gasteiger charge is -2.22. The van der Waals surface area contributed by atoms with Crippen LogP contribution in [0.3, 0.4) is 0 Å². The number of rotatable bonds is 5. The summed E-state index contributed by atoms with van der Waals surface area (Å²) in [4.78, 5) is 12.8. The van der Waals surface area contributed by atoms with E-state index < -0.39 is 6.04 Å². The van der Waals surface area contributed by atoms with Gasteiger partial charge in [0.15, 0.2) is 11.5 Å². The van der Waals surface area contributed by atoms with Crippen LogP contribution in [-0.2, 0) is 11.2 Å². The molecule has 1 heterocycles. The summed E-state index contributed by atoms with van der Waals surface area (Å²) in [6.45, 7) is 0.891. The second kappa shape index (κ2) is 8.53. The Morgan fingerprint density at radius 3 is 2.45 bits per heavy atom. The summed E-state index contributed by atoms with van der Waals surface area (Å²) >= 11 is 6.27. The van der Waals surface area contributed by atoms with E-state index in [-0.39, 0.29) is 18.1 Å². The van der Waals surface area contributed by atoms with E-state index in [4.69, 9.17) is 21.1 Å². The second-order valence-electron chi connectivity index (χ2n) is 6.74. The highest BCUT2D eigenvalue weighted by atomic mass is 35.5. The molecule has 0 aromatic heterocycles. The highest BCUT2D eigenvalue weighted by Crippen LogP contribution is 2.38. The number of fused-ring (bicyclic) bond motifs is 1. The van der Waals surface area contributed by atoms with E-state index in [0.717, 1.165) is 16.7 Å². The molecule has 1 atom stereocenters. The molecule has 0 saturated heterocycles. The lowest BCUT2D eigenvalue weighted by atomic mass is 9.98. The van der Waals surface area contributed by atoms with Gasteiger partial charge in [-0.2, -0.15) is 0 Å². The summed E-state index contributed by atoms with van der Waals surface area (Å²) in [6, 6.07) is 18.8. The van der Waals surface area contributed by atoms with Gasteiger partial charge in [-0.05, 0) is 41.0 Å². The minimum Gasteiger partial charge on any atom is -0.486 e. The third-order valence-electron chi connectivity index (χ3n) is 4.66. The molecule has 148 valence electrons. The van der Waals surface area contributed by atoms with Gasteiger partial charge in [0, 0.05) is 0 Å². The molecule has 1 amide bonds. The zero-order valence-electron chi connectivity index (χ0n) is 15.5. The SMILES string of the molecule is O=C(Cc1cc(Cl)c2c(c1)OCCO2)NC(c1ccccc1)c1ccc(F)cc1. The standard InChI is InChI=1S/C23H19ClFNO3/c24-19-12-15(13-20-23(19)29-11-10-28-20)14-21(27)26-22(16-4-2-1-3-5-16)17-6-8-18(25)9-7-17/h1-9,12-13,22H,10-11,14H2,(H,26,27). The van der Waals surface area contributed by atoms with E-state index in [1.165, 1.54) is 12.1 Å². The molecule has 3 aromatic carbocycles. The van der Waals surface area contributed by atoms with Crippen LogP contribution >= 0.6 is 11.6 Å². The molecular weight excluding hydrogens is 393 g/mol. The van der Waals surface area contributed by atoms with Gasteiger partial charge in [0.25, 0.3) is 0 Å². The van der Waals surface area contributed by atoms with Gasteiger partial charge in [-0.1, -0.05) is 54.1 Å². The first-order chi connectivity index (χ1) is 14.1. The van der Waals surface area contributed by atoms with Gasteiger partial charge in [-0.25, -0.2) is 4.39 Å². The lowest BCUT2D eigenvalue weighted by Crippen LogP contribution is -2.30. The lowest BCUT2D eigenvalue weighted by molar-refractivity contribution is -0.120. The highest BCUT2D eigenvalue weighted by molar-refractivity contribution is 6.32. The first kappa shape index (κ1) is 19.3. The molecule has 4 rings (SSSR count). The van der Waals surface area contributed by atoms with Crippen molar-refractivity contribution in [2.24, 2.45) is 0 Å². The van der Waals surface area contributed by atoms with Gasteiger partial charge >= 0.3 is 0 Å². The first-order valence-corrected chi connectivity index (χ1v) is 9.66. The molecule has 0 radical (unpaired) electrons. The van der Waals surface area contributed by atoms with Crippen molar-refractivity contribution in [1.29, 1.82) is 0 Å². The van der Waals surface area contributed by atoms with E-state index in [2.05, 4.69) is 5.32 Å². The number of carbonyl (C=O) groups excluding carboxylic acids is 1. The van der Waals surface area contributed by atoms with Crippen LogP contribution in [-0.4, -0.2) is 19.1 Å². The Bertz CT molecular complexity index is 1010. The predicted octanol–water partition coefficient (Wildman–Crippen LogP) is 4.70. The number of hydrogen-bond acceptors (Lipinski definition) is 3. The molecule has 0 aliphatic carbocycles. The summed E-state index contributed by atoms with van der Waals surface area (Å²) in [5, 5.41) is 3.46. The van der Waals surface area contributed by atoms with Gasteiger partial charge < -0.3 is 14.8 Å². The number of benzene rings is 3. The molecule has 1 aliphatic heterocycles. The molecule has 3 aromatic rings. The van der Waals surface area contributed by atoms with Crippen LogP contribution in [0.5, 0.6) is 11.5 Å². The fourth-order valence-electron chi connectivity index (χ4n) is 3.32. The van der Waals surface area contributed by atoms with Crippen LogP contribution in [0.2, 0.25) is 5.02 Å². The monoisotopic (exact) mass is 411 g/mol. The van der Waals surface area contributed by atoms with Crippen LogP contribution in [0, 0.1) is 5.82 Å². The zero-order valence-corrected chi connectivity index (χ0v) is 16.3. The Balaban J connectivity index is 1.55. The molecule has 1 N–H and O–H groups in total. The average Bonchev–Trinajstić information content (AvgIpc) is 2.73. The average molecular weight is 412 g/mol. The minimum absolute atomic E-state index is 0.126. The van der Waals surface area contributed by atoms with Crippen molar-refractivity contribution in [3.05, 3.63) is 94.3 Å². The van der Waals surface area contributed by atoms with Crippen molar-refractivity contribution >= 4 is 17.5 Å². The van der Waals surface area contributed by atoms with E-state index in [9.17, 15) is 9.18 Å². The van der Waals surface area contributed by atoms with E-state index in [1.807, 2.05) is 30.3 Å². The second-order valence-corrected chi connectivity index (χ2v) is 7.15. The maximum absolute atomic E-state index is 13.4. The van der Waals surface area contributed by atoms with Crippen molar-refractivity contribution in [2.45, 2.75) is 12.5 Å². The molecule has 0 saturated carbocycles. The number of nitrogens with one attached hydrogen (secondary N) is 1. The Labute approximate surface area is 173 Å². The smallest absolute Gasteiger partial charge is 0.225 e. The third kappa shape index (κ3) is 4.51. The Kier molecular flexibility index (Phi) is 5.67. The number of hydrogen-bond donors (Lipinski definition) is 1. The van der Waals surface area contributed by atoms with Gasteiger partial charge in [0.2, 0.25) is 5.91 Å². The summed E-state index contributed by atoms with van der Waals surface area (Å²) < 4.78 is 24.5. The fraction of sp³-hybridized carbons (Fsp3) is 0.174. The molecule has 0 bridgehead atoms. The van der Waals surface area contributed by atoms with Crippen LogP contribution in [0.1, 0.15) is 22.7 Å². The predicted molar refractivity (Wildman–Crippen MR) is 109 cm³/mol. The van der Waals surface area contributed by atoms with Crippen molar-refractivity contribution in [3.63, 3.8) is 0 Å². The van der Waals surface area contributed by atoms with Gasteiger partial charge in [-0.3, -0.25) is 4.79 Å². The molecule has 1 unspecified atom stereocenters. The Morgan fingerprint density at radius 1 is 1.00 bits per heavy atom. The summed E-state index contributed by atoms with van der Waals surface area (Å²) in [6.07, 6.45) is 0.126. The molecule has 1 aliphatic rings. The third-order valence-corrected chi connectivity index (χ3v) is 4.94.